The maximum atomic E-state index is 11.8. The van der Waals surface area contributed by atoms with Crippen LogP contribution in [0.5, 0.6) is 0 Å². The Kier molecular flexibility index (Phi) is 6.65. The average molecular weight is 256 g/mol. The molecule has 1 aliphatic rings. The second kappa shape index (κ2) is 7.74. The van der Waals surface area contributed by atoms with E-state index in [2.05, 4.69) is 24.5 Å². The number of carbonyl (C=O) groups is 1. The predicted molar refractivity (Wildman–Crippen MR) is 73.5 cm³/mol. The van der Waals surface area contributed by atoms with Crippen LogP contribution in [0.1, 0.15) is 46.5 Å². The molecule has 0 aromatic heterocycles. The van der Waals surface area contributed by atoms with Crippen LogP contribution in [-0.4, -0.2) is 38.3 Å². The number of rotatable bonds is 7. The van der Waals surface area contributed by atoms with Gasteiger partial charge in [0, 0.05) is 26.3 Å². The number of unbranched alkanes of at least 4 members (excludes halogenated alkanes) is 1. The van der Waals surface area contributed by atoms with E-state index in [0.717, 1.165) is 52.0 Å². The Morgan fingerprint density at radius 2 is 2.06 bits per heavy atom. The summed E-state index contributed by atoms with van der Waals surface area (Å²) < 4.78 is 5.38. The third-order valence-corrected chi connectivity index (χ3v) is 3.76. The van der Waals surface area contributed by atoms with Gasteiger partial charge in [-0.3, -0.25) is 4.79 Å². The van der Waals surface area contributed by atoms with Gasteiger partial charge in [-0.2, -0.15) is 0 Å². The van der Waals surface area contributed by atoms with Crippen LogP contribution in [-0.2, 0) is 9.53 Å². The molecule has 0 saturated carbocycles. The van der Waals surface area contributed by atoms with Crippen LogP contribution in [0.2, 0.25) is 0 Å². The first-order valence-corrected chi connectivity index (χ1v) is 7.16. The van der Waals surface area contributed by atoms with Crippen molar-refractivity contribution in [2.24, 2.45) is 5.41 Å². The van der Waals surface area contributed by atoms with E-state index in [1.807, 2.05) is 6.92 Å². The lowest BCUT2D eigenvalue weighted by molar-refractivity contribution is -0.122. The minimum atomic E-state index is -0.110. The lowest BCUT2D eigenvalue weighted by Gasteiger charge is -2.34. The van der Waals surface area contributed by atoms with Crippen molar-refractivity contribution in [1.82, 2.24) is 10.6 Å². The van der Waals surface area contributed by atoms with Crippen LogP contribution in [0.15, 0.2) is 0 Å². The fraction of sp³-hybridized carbons (Fsp3) is 0.929. The van der Waals surface area contributed by atoms with Crippen LogP contribution in [0.4, 0.5) is 0 Å². The van der Waals surface area contributed by atoms with Crippen LogP contribution in [0.25, 0.3) is 0 Å². The zero-order valence-electron chi connectivity index (χ0n) is 12.1. The SMILES string of the molecule is CCCCNC(=O)C(C)NCC1(C)CCOCC1. The topological polar surface area (TPSA) is 50.4 Å². The van der Waals surface area contributed by atoms with Gasteiger partial charge in [0.05, 0.1) is 6.04 Å². The van der Waals surface area contributed by atoms with Crippen molar-refractivity contribution in [3.05, 3.63) is 0 Å². The van der Waals surface area contributed by atoms with Crippen molar-refractivity contribution in [3.8, 4) is 0 Å². The molecule has 1 amide bonds. The number of carbonyl (C=O) groups excluding carboxylic acids is 1. The third kappa shape index (κ3) is 5.36. The van der Waals surface area contributed by atoms with Crippen molar-refractivity contribution in [3.63, 3.8) is 0 Å². The third-order valence-electron chi connectivity index (χ3n) is 3.76. The second-order valence-electron chi connectivity index (χ2n) is 5.67. The quantitative estimate of drug-likeness (QED) is 0.682. The van der Waals surface area contributed by atoms with Gasteiger partial charge in [0.1, 0.15) is 0 Å². The number of hydrogen-bond donors (Lipinski definition) is 2. The summed E-state index contributed by atoms with van der Waals surface area (Å²) in [6.07, 6.45) is 4.31. The summed E-state index contributed by atoms with van der Waals surface area (Å²) in [6.45, 7) is 9.68. The van der Waals surface area contributed by atoms with Gasteiger partial charge in [0.2, 0.25) is 5.91 Å². The Morgan fingerprint density at radius 3 is 2.67 bits per heavy atom. The van der Waals surface area contributed by atoms with E-state index in [1.165, 1.54) is 0 Å². The van der Waals surface area contributed by atoms with Gasteiger partial charge in [-0.25, -0.2) is 0 Å². The molecule has 1 atom stereocenters. The molecule has 0 aliphatic carbocycles. The number of ether oxygens (including phenoxy) is 1. The van der Waals surface area contributed by atoms with Crippen molar-refractivity contribution < 1.29 is 9.53 Å². The summed E-state index contributed by atoms with van der Waals surface area (Å²) in [5.41, 5.74) is 0.274. The highest BCUT2D eigenvalue weighted by Crippen LogP contribution is 2.28. The molecule has 0 aromatic rings. The van der Waals surface area contributed by atoms with Crippen LogP contribution in [0.3, 0.4) is 0 Å². The highest BCUT2D eigenvalue weighted by atomic mass is 16.5. The summed E-state index contributed by atoms with van der Waals surface area (Å²) in [4.78, 5) is 11.8. The number of hydrogen-bond acceptors (Lipinski definition) is 3. The van der Waals surface area contributed by atoms with E-state index in [-0.39, 0.29) is 17.4 Å². The van der Waals surface area contributed by atoms with Gasteiger partial charge in [0.15, 0.2) is 0 Å². The maximum Gasteiger partial charge on any atom is 0.236 e. The fourth-order valence-corrected chi connectivity index (χ4v) is 2.07. The molecule has 1 saturated heterocycles. The summed E-state index contributed by atoms with van der Waals surface area (Å²) in [5, 5.41) is 6.31. The molecular weight excluding hydrogens is 228 g/mol. The molecule has 0 spiro atoms. The first-order valence-electron chi connectivity index (χ1n) is 7.16. The first kappa shape index (κ1) is 15.4. The zero-order chi connectivity index (χ0) is 13.4. The lowest BCUT2D eigenvalue weighted by Crippen LogP contribution is -2.47. The molecular formula is C14H28N2O2. The molecule has 1 rings (SSSR count). The molecule has 4 heteroatoms. The molecule has 106 valence electrons. The highest BCUT2D eigenvalue weighted by molar-refractivity contribution is 5.81. The highest BCUT2D eigenvalue weighted by Gasteiger charge is 2.28. The Labute approximate surface area is 111 Å². The van der Waals surface area contributed by atoms with E-state index in [0.29, 0.717) is 0 Å². The summed E-state index contributed by atoms with van der Waals surface area (Å²) in [6, 6.07) is -0.110. The minimum Gasteiger partial charge on any atom is -0.381 e. The second-order valence-corrected chi connectivity index (χ2v) is 5.67. The van der Waals surface area contributed by atoms with E-state index in [4.69, 9.17) is 4.74 Å². The van der Waals surface area contributed by atoms with Crippen molar-refractivity contribution >= 4 is 5.91 Å². The first-order chi connectivity index (χ1) is 8.57. The molecule has 1 aliphatic heterocycles. The molecule has 1 heterocycles. The van der Waals surface area contributed by atoms with Crippen molar-refractivity contribution in [2.45, 2.75) is 52.5 Å². The summed E-state index contributed by atoms with van der Waals surface area (Å²) in [5.74, 6) is 0.110. The zero-order valence-corrected chi connectivity index (χ0v) is 12.1. The lowest BCUT2D eigenvalue weighted by atomic mass is 9.82. The maximum absolute atomic E-state index is 11.8. The smallest absolute Gasteiger partial charge is 0.236 e. The van der Waals surface area contributed by atoms with Crippen LogP contribution >= 0.6 is 0 Å². The van der Waals surface area contributed by atoms with Gasteiger partial charge in [0.25, 0.3) is 0 Å². The molecule has 1 unspecified atom stereocenters. The molecule has 1 fully saturated rings. The Hall–Kier alpha value is -0.610. The normalized spacial score (nSPS) is 20.4. The summed E-state index contributed by atoms with van der Waals surface area (Å²) >= 11 is 0. The molecule has 18 heavy (non-hydrogen) atoms. The van der Waals surface area contributed by atoms with E-state index < -0.39 is 0 Å². The standard InChI is InChI=1S/C14H28N2O2/c1-4-5-8-15-13(17)12(2)16-11-14(3)6-9-18-10-7-14/h12,16H,4-11H2,1-3H3,(H,15,17). The van der Waals surface area contributed by atoms with Crippen molar-refractivity contribution in [2.75, 3.05) is 26.3 Å². The predicted octanol–water partition coefficient (Wildman–Crippen LogP) is 1.70. The van der Waals surface area contributed by atoms with Gasteiger partial charge >= 0.3 is 0 Å². The molecule has 2 N–H and O–H groups in total. The van der Waals surface area contributed by atoms with Crippen LogP contribution in [0, 0.1) is 5.41 Å². The van der Waals surface area contributed by atoms with Crippen molar-refractivity contribution in [1.29, 1.82) is 0 Å². The molecule has 0 radical (unpaired) electrons. The Bertz CT molecular complexity index is 250. The average Bonchev–Trinajstić information content (AvgIpc) is 2.37. The Morgan fingerprint density at radius 1 is 1.39 bits per heavy atom. The van der Waals surface area contributed by atoms with Gasteiger partial charge in [-0.1, -0.05) is 20.3 Å². The van der Waals surface area contributed by atoms with Gasteiger partial charge in [-0.05, 0) is 31.6 Å². The Balaban J connectivity index is 2.22. The van der Waals surface area contributed by atoms with E-state index in [1.54, 1.807) is 0 Å². The fourth-order valence-electron chi connectivity index (χ4n) is 2.07. The van der Waals surface area contributed by atoms with Gasteiger partial charge in [-0.15, -0.1) is 0 Å². The van der Waals surface area contributed by atoms with E-state index >= 15 is 0 Å². The largest absolute Gasteiger partial charge is 0.381 e. The van der Waals surface area contributed by atoms with Crippen LogP contribution < -0.4 is 10.6 Å². The number of amides is 1. The molecule has 0 bridgehead atoms. The minimum absolute atomic E-state index is 0.110. The summed E-state index contributed by atoms with van der Waals surface area (Å²) in [7, 11) is 0. The van der Waals surface area contributed by atoms with Gasteiger partial charge < -0.3 is 15.4 Å². The van der Waals surface area contributed by atoms with E-state index in [9.17, 15) is 4.79 Å². The molecule has 0 aromatic carbocycles. The number of nitrogens with one attached hydrogen (secondary N) is 2. The monoisotopic (exact) mass is 256 g/mol. The molecule has 4 nitrogen and oxygen atoms in total.